The highest BCUT2D eigenvalue weighted by Gasteiger charge is 2.17. The van der Waals surface area contributed by atoms with Crippen LogP contribution in [0.1, 0.15) is 6.92 Å². The molecule has 7 nitrogen and oxygen atoms in total. The van der Waals surface area contributed by atoms with Gasteiger partial charge in [-0.05, 0) is 6.92 Å². The number of hydrogen-bond donors (Lipinski definition) is 2. The number of phosphoric ester groups is 1. The molecule has 2 N–H and O–H groups in total. The summed E-state index contributed by atoms with van der Waals surface area (Å²) in [5, 5.41) is 7.98. The van der Waals surface area contributed by atoms with E-state index in [-0.39, 0.29) is 0 Å². The summed E-state index contributed by atoms with van der Waals surface area (Å²) >= 11 is 0. The molecule has 0 amide bonds. The molecule has 8 heteroatoms. The monoisotopic (exact) mass is 211 g/mol. The zero-order valence-electron chi connectivity index (χ0n) is 6.91. The van der Waals surface area contributed by atoms with Gasteiger partial charge in [-0.3, -0.25) is 4.52 Å². The van der Waals surface area contributed by atoms with Gasteiger partial charge in [-0.25, -0.2) is 14.3 Å². The first-order valence-corrected chi connectivity index (χ1v) is 4.86. The molecule has 13 heavy (non-hydrogen) atoms. The third-order valence-electron chi connectivity index (χ3n) is 0.811. The Morgan fingerprint density at radius 2 is 1.92 bits per heavy atom. The summed E-state index contributed by atoms with van der Waals surface area (Å²) in [6.07, 6.45) is -1.06. The van der Waals surface area contributed by atoms with Gasteiger partial charge in [0.1, 0.15) is 13.2 Å². The maximum Gasteiger partial charge on any atom is 0.470 e. The molecule has 1 fully saturated rings. The largest absolute Gasteiger partial charge is 0.470 e. The lowest BCUT2D eigenvalue weighted by Crippen LogP contribution is -2.14. The second kappa shape index (κ2) is 6.05. The summed E-state index contributed by atoms with van der Waals surface area (Å²) in [4.78, 5) is 24.6. The second-order valence-electron chi connectivity index (χ2n) is 2.01. The van der Waals surface area contributed by atoms with Crippen molar-refractivity contribution >= 4 is 7.82 Å². The number of nitrogens with zero attached hydrogens (tertiary/aromatic N) is 1. The molecule has 0 aromatic carbocycles. The molecule has 0 aromatic rings. The van der Waals surface area contributed by atoms with Gasteiger partial charge in [-0.15, -0.1) is 0 Å². The zero-order chi connectivity index (χ0) is 10.3. The predicted octanol–water partition coefficient (Wildman–Crippen LogP) is -0.0440. The maximum atomic E-state index is 9.92. The molecule has 76 valence electrons. The summed E-state index contributed by atoms with van der Waals surface area (Å²) < 4.78 is 13.8. The summed E-state index contributed by atoms with van der Waals surface area (Å²) in [5.41, 5.74) is 0. The van der Waals surface area contributed by atoms with Crippen LogP contribution in [-0.4, -0.2) is 29.1 Å². The topological polar surface area (TPSA) is 109 Å². The van der Waals surface area contributed by atoms with E-state index in [2.05, 4.69) is 14.3 Å². The van der Waals surface area contributed by atoms with Crippen molar-refractivity contribution in [1.82, 2.24) is 0 Å². The smallest absolute Gasteiger partial charge is 0.303 e. The maximum absolute atomic E-state index is 9.92. The van der Waals surface area contributed by atoms with Crippen LogP contribution in [0.5, 0.6) is 0 Å². The molecule has 0 bridgehead atoms. The van der Waals surface area contributed by atoms with Crippen LogP contribution in [0.15, 0.2) is 0 Å². The highest BCUT2D eigenvalue weighted by molar-refractivity contribution is 7.46. The Morgan fingerprint density at radius 1 is 1.54 bits per heavy atom. The van der Waals surface area contributed by atoms with E-state index in [4.69, 9.17) is 15.0 Å². The Kier molecular flexibility index (Phi) is 5.82. The molecule has 0 saturated carbocycles. The molecule has 1 aliphatic rings. The Bertz CT molecular complexity index is 212. The number of phosphoric acid groups is 1. The fourth-order valence-electron chi connectivity index (χ4n) is 0.313. The van der Waals surface area contributed by atoms with E-state index in [0.717, 1.165) is 13.2 Å². The number of rotatable bonds is 2. The predicted molar refractivity (Wildman–Crippen MR) is 40.1 cm³/mol. The Morgan fingerprint density at radius 3 is 2.00 bits per heavy atom. The quantitative estimate of drug-likeness (QED) is 0.487. The molecule has 0 aliphatic carbocycles. The normalized spacial score (nSPS) is 17.4. The van der Waals surface area contributed by atoms with Gasteiger partial charge in [0.25, 0.3) is 0 Å². The number of hydrogen-bond acceptors (Lipinski definition) is 5. The van der Waals surface area contributed by atoms with E-state index in [9.17, 15) is 4.57 Å². The van der Waals surface area contributed by atoms with E-state index in [1.54, 1.807) is 0 Å². The molecule has 1 unspecified atom stereocenters. The molecule has 1 rings (SSSR count). The van der Waals surface area contributed by atoms with E-state index in [0.29, 0.717) is 0 Å². The SMILES string of the molecule is C1COO1.CC(C#N)OP(=O)(O)O. The number of nitriles is 1. The van der Waals surface area contributed by atoms with Crippen LogP contribution < -0.4 is 0 Å². The van der Waals surface area contributed by atoms with Crippen molar-refractivity contribution in [2.75, 3.05) is 13.2 Å². The van der Waals surface area contributed by atoms with Crippen molar-refractivity contribution in [3.63, 3.8) is 0 Å². The van der Waals surface area contributed by atoms with E-state index < -0.39 is 13.9 Å². The Labute approximate surface area is 75.0 Å². The standard InChI is InChI=1S/C3H6NO4P.C2H4O2/c1-3(2-4)8-9(5,6)7;1-2-4-3-1/h3H,1H3,(H2,5,6,7);1-2H2. The van der Waals surface area contributed by atoms with E-state index >= 15 is 0 Å². The zero-order valence-corrected chi connectivity index (χ0v) is 7.81. The summed E-state index contributed by atoms with van der Waals surface area (Å²) in [7, 11) is -4.46. The van der Waals surface area contributed by atoms with Crippen molar-refractivity contribution in [2.24, 2.45) is 0 Å². The van der Waals surface area contributed by atoms with Gasteiger partial charge in [0, 0.05) is 0 Å². The minimum absolute atomic E-state index is 0.778. The summed E-state index contributed by atoms with van der Waals surface area (Å²) in [5.74, 6) is 0. The molecular weight excluding hydrogens is 201 g/mol. The summed E-state index contributed by atoms with van der Waals surface area (Å²) in [6, 6.07) is 1.51. The van der Waals surface area contributed by atoms with Gasteiger partial charge in [-0.2, -0.15) is 5.26 Å². The van der Waals surface area contributed by atoms with Crippen molar-refractivity contribution < 1.29 is 28.7 Å². The molecule has 0 spiro atoms. The first-order valence-electron chi connectivity index (χ1n) is 3.33. The van der Waals surface area contributed by atoms with Gasteiger partial charge in [0.05, 0.1) is 6.07 Å². The lowest BCUT2D eigenvalue weighted by molar-refractivity contribution is -0.382. The van der Waals surface area contributed by atoms with Gasteiger partial charge >= 0.3 is 7.82 Å². The highest BCUT2D eigenvalue weighted by Crippen LogP contribution is 2.37. The molecule has 1 atom stereocenters. The van der Waals surface area contributed by atoms with Gasteiger partial charge in [0.15, 0.2) is 6.10 Å². The minimum Gasteiger partial charge on any atom is -0.303 e. The van der Waals surface area contributed by atoms with Crippen LogP contribution in [0.4, 0.5) is 0 Å². The first kappa shape index (κ1) is 12.5. The van der Waals surface area contributed by atoms with Crippen LogP contribution in [0.3, 0.4) is 0 Å². The van der Waals surface area contributed by atoms with Crippen molar-refractivity contribution in [1.29, 1.82) is 5.26 Å². The van der Waals surface area contributed by atoms with Gasteiger partial charge in [-0.1, -0.05) is 0 Å². The van der Waals surface area contributed by atoms with Crippen LogP contribution in [-0.2, 0) is 18.9 Å². The van der Waals surface area contributed by atoms with Crippen molar-refractivity contribution in [2.45, 2.75) is 13.0 Å². The molecular formula is C5H10NO6P. The van der Waals surface area contributed by atoms with Crippen molar-refractivity contribution in [3.8, 4) is 6.07 Å². The van der Waals surface area contributed by atoms with Gasteiger partial charge < -0.3 is 9.79 Å². The first-order chi connectivity index (χ1) is 5.95. The lowest BCUT2D eigenvalue weighted by Gasteiger charge is -2.08. The summed E-state index contributed by atoms with van der Waals surface area (Å²) in [6.45, 7) is 2.80. The van der Waals surface area contributed by atoms with Crippen LogP contribution >= 0.6 is 7.82 Å². The van der Waals surface area contributed by atoms with Gasteiger partial charge in [0.2, 0.25) is 0 Å². The highest BCUT2D eigenvalue weighted by atomic mass is 31.2. The fourth-order valence-corrected chi connectivity index (χ4v) is 0.772. The second-order valence-corrected chi connectivity index (χ2v) is 3.20. The molecule has 1 saturated heterocycles. The molecule has 0 aromatic heterocycles. The lowest BCUT2D eigenvalue weighted by atomic mass is 10.5. The van der Waals surface area contributed by atoms with Crippen LogP contribution in [0, 0.1) is 11.3 Å². The third-order valence-corrected chi connectivity index (χ3v) is 1.40. The van der Waals surface area contributed by atoms with Crippen molar-refractivity contribution in [3.05, 3.63) is 0 Å². The van der Waals surface area contributed by atoms with E-state index in [1.165, 1.54) is 13.0 Å². The third kappa shape index (κ3) is 9.43. The van der Waals surface area contributed by atoms with Crippen LogP contribution in [0.25, 0.3) is 0 Å². The molecule has 1 heterocycles. The average Bonchev–Trinajstić information content (AvgIpc) is 1.79. The van der Waals surface area contributed by atoms with Crippen LogP contribution in [0.2, 0.25) is 0 Å². The molecule has 0 radical (unpaired) electrons. The Balaban J connectivity index is 0.000000293. The minimum atomic E-state index is -4.46. The fraction of sp³-hybridized carbons (Fsp3) is 0.800. The van der Waals surface area contributed by atoms with E-state index in [1.807, 2.05) is 0 Å². The molecule has 1 aliphatic heterocycles. The Hall–Kier alpha value is -0.480. The average molecular weight is 211 g/mol.